The fourth-order valence-corrected chi connectivity index (χ4v) is 15.2. The second-order valence-corrected chi connectivity index (χ2v) is 22.3. The molecule has 12 aromatic rings. The van der Waals surface area contributed by atoms with Crippen LogP contribution in [-0.2, 0) is 10.8 Å². The molecule has 0 aliphatic heterocycles. The molecule has 2 fully saturated rings. The van der Waals surface area contributed by atoms with Gasteiger partial charge in [-0.05, 0) is 137 Å². The van der Waals surface area contributed by atoms with E-state index in [1.807, 2.05) is 24.3 Å². The van der Waals surface area contributed by atoms with Crippen molar-refractivity contribution < 1.29 is 8.83 Å². The molecule has 0 amide bonds. The maximum absolute atomic E-state index is 12.2. The van der Waals surface area contributed by atoms with Gasteiger partial charge in [0.05, 0.1) is 44.6 Å². The summed E-state index contributed by atoms with van der Waals surface area (Å²) in [4.78, 5) is 0. The van der Waals surface area contributed by atoms with Gasteiger partial charge in [-0.1, -0.05) is 130 Å². The Morgan fingerprint density at radius 1 is 0.473 bits per heavy atom. The highest BCUT2D eigenvalue weighted by Gasteiger charge is 2.57. The van der Waals surface area contributed by atoms with Crippen molar-refractivity contribution in [1.29, 1.82) is 10.5 Å². The molecule has 16 rings (SSSR count). The summed E-state index contributed by atoms with van der Waals surface area (Å²) in [6.45, 7) is 2.28. The summed E-state index contributed by atoms with van der Waals surface area (Å²) in [5.74, 6) is 0.448. The van der Waals surface area contributed by atoms with E-state index in [9.17, 15) is 10.5 Å². The van der Waals surface area contributed by atoms with Gasteiger partial charge < -0.3 is 18.0 Å². The van der Waals surface area contributed by atoms with E-state index >= 15 is 0 Å². The third kappa shape index (κ3) is 5.63. The number of para-hydroxylation sites is 2. The van der Waals surface area contributed by atoms with Crippen LogP contribution in [0.1, 0.15) is 98.9 Å². The number of hydrogen-bond acceptors (Lipinski definition) is 4. The van der Waals surface area contributed by atoms with E-state index in [1.165, 1.54) is 22.3 Å². The molecule has 4 aliphatic rings. The normalized spacial score (nSPS) is 17.9. The van der Waals surface area contributed by atoms with Crippen molar-refractivity contribution in [3.05, 3.63) is 186 Å². The molecule has 2 saturated carbocycles. The Morgan fingerprint density at radius 3 is 1.49 bits per heavy atom. The lowest BCUT2D eigenvalue weighted by Gasteiger charge is -2.30. The summed E-state index contributed by atoms with van der Waals surface area (Å²) in [5, 5.41) is 33.1. The third-order valence-corrected chi connectivity index (χ3v) is 18.3. The number of aromatic nitrogens is 2. The lowest BCUT2D eigenvalue weighted by molar-refractivity contribution is 0.323. The first kappa shape index (κ1) is 42.0. The lowest BCUT2D eigenvalue weighted by atomic mass is 9.74. The van der Waals surface area contributed by atoms with Crippen molar-refractivity contribution in [1.82, 2.24) is 9.13 Å². The van der Waals surface area contributed by atoms with Crippen molar-refractivity contribution in [2.45, 2.75) is 82.0 Å². The van der Waals surface area contributed by atoms with Gasteiger partial charge in [-0.3, -0.25) is 0 Å². The number of nitrogens with zero attached hydrogens (tertiary/aromatic N) is 4. The molecule has 0 saturated heterocycles. The van der Waals surface area contributed by atoms with Crippen LogP contribution in [0.4, 0.5) is 0 Å². The van der Waals surface area contributed by atoms with Crippen LogP contribution in [0, 0.1) is 28.6 Å². The summed E-state index contributed by atoms with van der Waals surface area (Å²) >= 11 is 0. The Kier molecular flexibility index (Phi) is 8.64. The molecular formula is C68H50N4O2. The Balaban J connectivity index is 1.08. The average Bonchev–Trinajstić information content (AvgIpc) is 4.34. The molecule has 0 radical (unpaired) electrons. The quantitative estimate of drug-likeness (QED) is 0.176. The number of hydrogen-bond donors (Lipinski definition) is 0. The lowest BCUT2D eigenvalue weighted by Crippen LogP contribution is -2.25. The van der Waals surface area contributed by atoms with Crippen molar-refractivity contribution >= 4 is 93.1 Å². The summed E-state index contributed by atoms with van der Waals surface area (Å²) in [6, 6.07) is 55.7. The summed E-state index contributed by atoms with van der Waals surface area (Å²) in [7, 11) is 0. The molecule has 354 valence electrons. The fourth-order valence-electron chi connectivity index (χ4n) is 15.2. The van der Waals surface area contributed by atoms with Gasteiger partial charge in [-0.2, -0.15) is 10.5 Å². The Morgan fingerprint density at radius 2 is 0.959 bits per heavy atom. The third-order valence-electron chi connectivity index (χ3n) is 18.3. The molecule has 2 spiro atoms. The molecule has 8 aromatic carbocycles. The number of nitriles is 2. The smallest absolute Gasteiger partial charge is 0.137 e. The first-order chi connectivity index (χ1) is 36.4. The van der Waals surface area contributed by atoms with E-state index in [-0.39, 0.29) is 10.8 Å². The van der Waals surface area contributed by atoms with E-state index in [0.717, 1.165) is 174 Å². The first-order valence-corrected chi connectivity index (χ1v) is 26.7. The van der Waals surface area contributed by atoms with Crippen LogP contribution in [0.25, 0.3) is 116 Å². The number of benzene rings is 8. The van der Waals surface area contributed by atoms with E-state index in [1.54, 1.807) is 0 Å². The molecule has 4 aromatic heterocycles. The van der Waals surface area contributed by atoms with Gasteiger partial charge in [0, 0.05) is 55.2 Å². The van der Waals surface area contributed by atoms with Gasteiger partial charge in [-0.25, -0.2) is 0 Å². The van der Waals surface area contributed by atoms with Crippen molar-refractivity contribution in [2.75, 3.05) is 0 Å². The van der Waals surface area contributed by atoms with Gasteiger partial charge in [0.1, 0.15) is 34.5 Å². The number of allylic oxidation sites excluding steroid dienone is 4. The number of furan rings is 2. The Labute approximate surface area is 427 Å². The van der Waals surface area contributed by atoms with Crippen molar-refractivity contribution in [2.24, 2.45) is 5.92 Å². The Bertz CT molecular complexity index is 4600. The standard InChI is InChI=1S/C68H50N4O2/c1-40-14-13-17-42(30-40)44-23-25-56-48(32-44)50-34-52-46-19-6-8-21-60(46)74-62(52)36-58(50)72(56)66-54(38-70)53(37-69)65(63-64(66)68(28-11-12-29-68)39-67(63)26-9-10-27-67)71-55-24-22-43(41-15-3-2-4-16-41)31-47(55)49-33-51-45-18-5-7-20-59(45)73-61(51)35-57(49)71/h2-8,13-25,31-36,40H,9-12,26-30,39H2,1H3. The summed E-state index contributed by atoms with van der Waals surface area (Å²) < 4.78 is 18.2. The minimum absolute atomic E-state index is 0.184. The van der Waals surface area contributed by atoms with Gasteiger partial charge in [0.25, 0.3) is 0 Å². The largest absolute Gasteiger partial charge is 0.456 e. The van der Waals surface area contributed by atoms with Crippen LogP contribution in [0.2, 0.25) is 0 Å². The second-order valence-electron chi connectivity index (χ2n) is 22.3. The first-order valence-electron chi connectivity index (χ1n) is 26.7. The van der Waals surface area contributed by atoms with E-state index in [2.05, 4.69) is 162 Å². The zero-order valence-corrected chi connectivity index (χ0v) is 41.3. The second kappa shape index (κ2) is 15.2. The van der Waals surface area contributed by atoms with E-state index in [0.29, 0.717) is 17.0 Å². The minimum Gasteiger partial charge on any atom is -0.456 e. The number of fused-ring (bicyclic) bond motifs is 15. The highest BCUT2D eigenvalue weighted by molar-refractivity contribution is 6.20. The van der Waals surface area contributed by atoms with Crippen LogP contribution in [0.5, 0.6) is 0 Å². The maximum Gasteiger partial charge on any atom is 0.137 e. The van der Waals surface area contributed by atoms with E-state index in [4.69, 9.17) is 8.83 Å². The molecule has 1 atom stereocenters. The molecule has 6 nitrogen and oxygen atoms in total. The SMILES string of the molecule is CC1C=CC=C(c2ccc3c(c2)c2cc4c(cc2n3-c2c(C#N)c(C#N)c(-n3c5ccc(-c6ccccc6)cc5c5cc6c(cc53)oc3ccccc36)c3c2C2(CCCC2)CC32CCCC2)oc2ccccc24)C1. The Hall–Kier alpha value is -8.58. The molecule has 6 heteroatoms. The van der Waals surface area contributed by atoms with Gasteiger partial charge in [0.15, 0.2) is 0 Å². The number of rotatable bonds is 4. The van der Waals surface area contributed by atoms with Gasteiger partial charge >= 0.3 is 0 Å². The van der Waals surface area contributed by atoms with Crippen molar-refractivity contribution in [3.8, 4) is 34.6 Å². The monoisotopic (exact) mass is 954 g/mol. The molecule has 4 aliphatic carbocycles. The minimum atomic E-state index is -0.185. The topological polar surface area (TPSA) is 83.7 Å². The molecule has 4 heterocycles. The van der Waals surface area contributed by atoms with E-state index < -0.39 is 0 Å². The van der Waals surface area contributed by atoms with Gasteiger partial charge in [0.2, 0.25) is 0 Å². The van der Waals surface area contributed by atoms with Crippen LogP contribution in [-0.4, -0.2) is 9.13 Å². The highest BCUT2D eigenvalue weighted by Crippen LogP contribution is 2.66. The fraction of sp³-hybridized carbons (Fsp3) is 0.206. The van der Waals surface area contributed by atoms with Crippen LogP contribution in [0.3, 0.4) is 0 Å². The highest BCUT2D eigenvalue weighted by atomic mass is 16.3. The molecule has 74 heavy (non-hydrogen) atoms. The zero-order valence-electron chi connectivity index (χ0n) is 41.3. The predicted molar refractivity (Wildman–Crippen MR) is 300 cm³/mol. The molecule has 0 bridgehead atoms. The van der Waals surface area contributed by atoms with Crippen LogP contribution < -0.4 is 0 Å². The summed E-state index contributed by atoms with van der Waals surface area (Å²) in [5.41, 5.74) is 17.0. The molecule has 0 N–H and O–H groups in total. The molecular weight excluding hydrogens is 905 g/mol. The summed E-state index contributed by atoms with van der Waals surface area (Å²) in [6.07, 6.45) is 17.5. The van der Waals surface area contributed by atoms with Crippen LogP contribution in [0.15, 0.2) is 167 Å². The van der Waals surface area contributed by atoms with Crippen molar-refractivity contribution in [3.63, 3.8) is 0 Å². The molecule has 1 unspecified atom stereocenters. The van der Waals surface area contributed by atoms with Crippen LogP contribution >= 0.6 is 0 Å². The van der Waals surface area contributed by atoms with Gasteiger partial charge in [-0.15, -0.1) is 0 Å². The maximum atomic E-state index is 12.2. The zero-order chi connectivity index (χ0) is 49.0. The predicted octanol–water partition coefficient (Wildman–Crippen LogP) is 18.1. The average molecular weight is 955 g/mol.